The molecule has 0 aliphatic rings. The van der Waals surface area contributed by atoms with Gasteiger partial charge < -0.3 is 19.3 Å². The molecule has 7 nitrogen and oxygen atoms in total. The summed E-state index contributed by atoms with van der Waals surface area (Å²) < 4.78 is 25.2. The van der Waals surface area contributed by atoms with Gasteiger partial charge in [-0.1, -0.05) is 84.0 Å². The summed E-state index contributed by atoms with van der Waals surface area (Å²) in [5, 5.41) is 0. The van der Waals surface area contributed by atoms with Crippen LogP contribution in [0.25, 0.3) is 0 Å². The third kappa shape index (κ3) is 20.3. The van der Waals surface area contributed by atoms with Crippen molar-refractivity contribution < 1.29 is 33.1 Å². The Morgan fingerprint density at radius 3 is 1.71 bits per heavy atom. The zero-order valence-electron chi connectivity index (χ0n) is 17.8. The zero-order chi connectivity index (χ0) is 21.1. The predicted octanol–water partition coefficient (Wildman–Crippen LogP) is 5.48. The van der Waals surface area contributed by atoms with E-state index in [1.807, 2.05) is 0 Å². The molecular weight excluding hydrogens is 383 g/mol. The Morgan fingerprint density at radius 1 is 0.821 bits per heavy atom. The summed E-state index contributed by atoms with van der Waals surface area (Å²) >= 11 is 0. The van der Waals surface area contributed by atoms with E-state index in [-0.39, 0.29) is 13.2 Å². The molecule has 0 rings (SSSR count). The van der Waals surface area contributed by atoms with Gasteiger partial charge >= 0.3 is 13.8 Å². The summed E-state index contributed by atoms with van der Waals surface area (Å²) in [6, 6.07) is 0. The van der Waals surface area contributed by atoms with Gasteiger partial charge in [-0.2, -0.15) is 0 Å². The summed E-state index contributed by atoms with van der Waals surface area (Å²) in [6.45, 7) is 3.77. The van der Waals surface area contributed by atoms with Crippen molar-refractivity contribution in [1.29, 1.82) is 0 Å². The maximum Gasteiger partial charge on any atom is 0.472 e. The first-order valence-electron chi connectivity index (χ1n) is 10.9. The maximum absolute atomic E-state index is 11.7. The monoisotopic (exact) mass is 424 g/mol. The van der Waals surface area contributed by atoms with Crippen LogP contribution in [0.5, 0.6) is 0 Å². The van der Waals surface area contributed by atoms with Gasteiger partial charge in [-0.25, -0.2) is 4.57 Å². The lowest BCUT2D eigenvalue weighted by Crippen LogP contribution is -2.24. The van der Waals surface area contributed by atoms with Crippen molar-refractivity contribution in [2.24, 2.45) is 0 Å². The van der Waals surface area contributed by atoms with Crippen molar-refractivity contribution in [3.8, 4) is 0 Å². The smallest absolute Gasteiger partial charge is 0.460 e. The number of carbonyl (C=O) groups excluding carboxylic acids is 1. The summed E-state index contributed by atoms with van der Waals surface area (Å²) in [5.41, 5.74) is 0. The molecule has 1 atom stereocenters. The number of rotatable bonds is 20. The van der Waals surface area contributed by atoms with Gasteiger partial charge in [0.2, 0.25) is 6.29 Å². The van der Waals surface area contributed by atoms with Crippen molar-refractivity contribution in [2.45, 2.75) is 110 Å². The molecule has 0 aromatic carbocycles. The van der Waals surface area contributed by atoms with Crippen molar-refractivity contribution in [3.05, 3.63) is 0 Å². The van der Waals surface area contributed by atoms with E-state index >= 15 is 0 Å². The molecular formula is C20H41O7P. The molecule has 0 fully saturated rings. The molecule has 1 unspecified atom stereocenters. The van der Waals surface area contributed by atoms with Gasteiger partial charge in [0.05, 0.1) is 0 Å². The number of phosphoric acid groups is 1. The molecule has 168 valence electrons. The van der Waals surface area contributed by atoms with Gasteiger partial charge in [-0.15, -0.1) is 0 Å². The minimum absolute atomic E-state index is 0.196. The van der Waals surface area contributed by atoms with Crippen LogP contribution in [0.2, 0.25) is 0 Å². The zero-order valence-corrected chi connectivity index (χ0v) is 18.7. The fourth-order valence-corrected chi connectivity index (χ4v) is 3.40. The quantitative estimate of drug-likeness (QED) is 0.115. The highest BCUT2D eigenvalue weighted by Gasteiger charge is 2.23. The molecule has 28 heavy (non-hydrogen) atoms. The number of esters is 1. The van der Waals surface area contributed by atoms with Gasteiger partial charge in [0.1, 0.15) is 6.61 Å². The molecule has 0 saturated heterocycles. The fourth-order valence-electron chi connectivity index (χ4n) is 2.97. The standard InChI is InChI=1S/C20H41O7P/c1-3-5-6-7-8-9-10-11-12-13-14-15-16-17-19(21)26-18-20(25-4-2)27-28(22,23)24/h20H,3-18H2,1-2H3,(H2,22,23,24). The van der Waals surface area contributed by atoms with Gasteiger partial charge in [0.15, 0.2) is 0 Å². The van der Waals surface area contributed by atoms with Crippen LogP contribution < -0.4 is 0 Å². The van der Waals surface area contributed by atoms with Gasteiger partial charge in [0.25, 0.3) is 0 Å². The summed E-state index contributed by atoms with van der Waals surface area (Å²) in [6.07, 6.45) is 15.1. The molecule has 0 aliphatic carbocycles. The van der Waals surface area contributed by atoms with E-state index in [0.29, 0.717) is 6.42 Å². The molecule has 2 N–H and O–H groups in total. The molecule has 0 spiro atoms. The first kappa shape index (κ1) is 27.5. The van der Waals surface area contributed by atoms with Crippen LogP contribution in [0.3, 0.4) is 0 Å². The lowest BCUT2D eigenvalue weighted by molar-refractivity contribution is -0.162. The highest BCUT2D eigenvalue weighted by atomic mass is 31.2. The van der Waals surface area contributed by atoms with E-state index in [1.165, 1.54) is 64.2 Å². The van der Waals surface area contributed by atoms with Crippen LogP contribution in [-0.4, -0.2) is 35.3 Å². The fraction of sp³-hybridized carbons (Fsp3) is 0.950. The second-order valence-corrected chi connectivity index (χ2v) is 8.35. The Morgan fingerprint density at radius 2 is 1.29 bits per heavy atom. The first-order valence-corrected chi connectivity index (χ1v) is 12.4. The molecule has 0 aromatic rings. The van der Waals surface area contributed by atoms with E-state index in [1.54, 1.807) is 6.92 Å². The number of phosphoric ester groups is 1. The summed E-state index contributed by atoms with van der Waals surface area (Å²) in [7, 11) is -4.68. The van der Waals surface area contributed by atoms with Crippen molar-refractivity contribution in [3.63, 3.8) is 0 Å². The average molecular weight is 425 g/mol. The molecule has 0 amide bonds. The highest BCUT2D eigenvalue weighted by Crippen LogP contribution is 2.37. The normalized spacial score (nSPS) is 12.9. The van der Waals surface area contributed by atoms with Crippen molar-refractivity contribution >= 4 is 13.8 Å². The minimum atomic E-state index is -4.68. The van der Waals surface area contributed by atoms with Gasteiger partial charge in [0, 0.05) is 13.0 Å². The molecule has 0 radical (unpaired) electrons. The maximum atomic E-state index is 11.7. The minimum Gasteiger partial charge on any atom is -0.460 e. The van der Waals surface area contributed by atoms with E-state index in [0.717, 1.165) is 19.3 Å². The molecule has 0 saturated carbocycles. The Kier molecular flexibility index (Phi) is 18.3. The second kappa shape index (κ2) is 18.6. The third-order valence-corrected chi connectivity index (χ3v) is 4.98. The SMILES string of the molecule is CCCCCCCCCCCCCCCC(=O)OCC(OCC)OP(=O)(O)O. The van der Waals surface area contributed by atoms with E-state index in [2.05, 4.69) is 11.4 Å². The molecule has 0 heterocycles. The lowest BCUT2D eigenvalue weighted by atomic mass is 10.0. The first-order chi connectivity index (χ1) is 13.4. The topological polar surface area (TPSA) is 102 Å². The molecule has 0 aromatic heterocycles. The Labute approximate surface area is 170 Å². The summed E-state index contributed by atoms with van der Waals surface area (Å²) in [5.74, 6) is -0.401. The average Bonchev–Trinajstić information content (AvgIpc) is 2.62. The Balaban J connectivity index is 3.50. The van der Waals surface area contributed by atoms with Crippen molar-refractivity contribution in [2.75, 3.05) is 13.2 Å². The van der Waals surface area contributed by atoms with E-state index in [9.17, 15) is 9.36 Å². The van der Waals surface area contributed by atoms with E-state index < -0.39 is 20.1 Å². The lowest BCUT2D eigenvalue weighted by Gasteiger charge is -2.17. The molecule has 0 aliphatic heterocycles. The Hall–Kier alpha value is -0.460. The van der Waals surface area contributed by atoms with Crippen molar-refractivity contribution in [1.82, 2.24) is 0 Å². The number of ether oxygens (including phenoxy) is 2. The van der Waals surface area contributed by atoms with Crippen LogP contribution in [0.15, 0.2) is 0 Å². The van der Waals surface area contributed by atoms with Gasteiger partial charge in [-0.05, 0) is 13.3 Å². The van der Waals surface area contributed by atoms with E-state index in [4.69, 9.17) is 19.3 Å². The van der Waals surface area contributed by atoms with Gasteiger partial charge in [-0.3, -0.25) is 9.32 Å². The predicted molar refractivity (Wildman–Crippen MR) is 110 cm³/mol. The molecule has 8 heteroatoms. The second-order valence-electron chi connectivity index (χ2n) is 7.16. The van der Waals surface area contributed by atoms with Crippen LogP contribution >= 0.6 is 7.82 Å². The largest absolute Gasteiger partial charge is 0.472 e. The Bertz CT molecular complexity index is 411. The van der Waals surface area contributed by atoms with Crippen LogP contribution in [0.4, 0.5) is 0 Å². The number of hydrogen-bond acceptors (Lipinski definition) is 5. The van der Waals surface area contributed by atoms with Crippen LogP contribution in [0, 0.1) is 0 Å². The number of carbonyl (C=O) groups is 1. The third-order valence-electron chi connectivity index (χ3n) is 4.47. The molecule has 0 bridgehead atoms. The number of unbranched alkanes of at least 4 members (excludes halogenated alkanes) is 12. The highest BCUT2D eigenvalue weighted by molar-refractivity contribution is 7.46. The number of hydrogen-bond donors (Lipinski definition) is 2. The summed E-state index contributed by atoms with van der Waals surface area (Å²) in [4.78, 5) is 29.3. The van der Waals surface area contributed by atoms with Crippen LogP contribution in [0.1, 0.15) is 104 Å². The van der Waals surface area contributed by atoms with Crippen LogP contribution in [-0.2, 0) is 23.4 Å².